The molecule has 4 N–H and O–H groups in total. The van der Waals surface area contributed by atoms with Crippen molar-refractivity contribution in [2.45, 2.75) is 32.4 Å². The van der Waals surface area contributed by atoms with Crippen LogP contribution in [0.5, 0.6) is 5.75 Å². The van der Waals surface area contributed by atoms with E-state index in [1.54, 1.807) is 7.11 Å². The van der Waals surface area contributed by atoms with Crippen LogP contribution in [-0.4, -0.2) is 30.7 Å². The van der Waals surface area contributed by atoms with Crippen LogP contribution in [0.25, 0.3) is 10.9 Å². The Morgan fingerprint density at radius 2 is 2.16 bits per heavy atom. The molecule has 0 radical (unpaired) electrons. The Hall–Kier alpha value is -1.52. The van der Waals surface area contributed by atoms with Crippen molar-refractivity contribution in [3.63, 3.8) is 0 Å². The van der Waals surface area contributed by atoms with E-state index in [1.165, 1.54) is 10.9 Å². The number of fused-ring (bicyclic) bond motifs is 1. The summed E-state index contributed by atoms with van der Waals surface area (Å²) in [4.78, 5) is 3.30. The van der Waals surface area contributed by atoms with E-state index in [0.717, 1.165) is 24.2 Å². The van der Waals surface area contributed by atoms with Gasteiger partial charge in [-0.2, -0.15) is 0 Å². The summed E-state index contributed by atoms with van der Waals surface area (Å²) in [6, 6.07) is 6.69. The highest BCUT2D eigenvalue weighted by Gasteiger charge is 2.09. The van der Waals surface area contributed by atoms with Gasteiger partial charge in [-0.25, -0.2) is 0 Å². The number of aromatic nitrogens is 1. The average Bonchev–Trinajstić information content (AvgIpc) is 2.79. The van der Waals surface area contributed by atoms with Gasteiger partial charge in [0.05, 0.1) is 7.11 Å². The molecule has 0 spiro atoms. The van der Waals surface area contributed by atoms with Gasteiger partial charge in [0.1, 0.15) is 5.75 Å². The van der Waals surface area contributed by atoms with Crippen molar-refractivity contribution in [1.29, 1.82) is 0 Å². The number of nitrogens with two attached hydrogens (primary N) is 1. The maximum Gasteiger partial charge on any atom is 0.119 e. The third-order valence-electron chi connectivity index (χ3n) is 3.29. The molecule has 1 aromatic heterocycles. The standard InChI is InChI=1S/C15H23N3O/c1-10(16)8-17-11(2)6-12-9-18-15-5-4-13(19-3)7-14(12)15/h4-5,7,9-11,17-18H,6,8,16H2,1-3H3. The zero-order chi connectivity index (χ0) is 13.8. The van der Waals surface area contributed by atoms with E-state index in [1.807, 2.05) is 13.0 Å². The SMILES string of the molecule is COc1ccc2[nH]cc(CC(C)NCC(C)N)c2c1. The first-order valence-corrected chi connectivity index (χ1v) is 6.73. The molecule has 1 aromatic carbocycles. The number of ether oxygens (including phenoxy) is 1. The third-order valence-corrected chi connectivity index (χ3v) is 3.29. The number of H-pyrrole nitrogens is 1. The topological polar surface area (TPSA) is 63.1 Å². The van der Waals surface area contributed by atoms with Crippen LogP contribution in [0.15, 0.2) is 24.4 Å². The number of benzene rings is 1. The molecule has 0 saturated heterocycles. The predicted octanol–water partition coefficient (Wildman–Crippen LogP) is 2.04. The highest BCUT2D eigenvalue weighted by molar-refractivity contribution is 5.84. The summed E-state index contributed by atoms with van der Waals surface area (Å²) < 4.78 is 5.28. The summed E-state index contributed by atoms with van der Waals surface area (Å²) in [5.41, 5.74) is 8.21. The first-order chi connectivity index (χ1) is 9.10. The van der Waals surface area contributed by atoms with Crippen LogP contribution in [0.1, 0.15) is 19.4 Å². The fourth-order valence-corrected chi connectivity index (χ4v) is 2.24. The molecule has 19 heavy (non-hydrogen) atoms. The molecule has 0 bridgehead atoms. The molecule has 0 aliphatic rings. The summed E-state index contributed by atoms with van der Waals surface area (Å²) in [6.45, 7) is 5.03. The van der Waals surface area contributed by atoms with Crippen LogP contribution in [0.2, 0.25) is 0 Å². The molecular formula is C15H23N3O. The number of nitrogens with one attached hydrogen (secondary N) is 2. The van der Waals surface area contributed by atoms with Crippen LogP contribution < -0.4 is 15.8 Å². The van der Waals surface area contributed by atoms with E-state index in [9.17, 15) is 0 Å². The Kier molecular flexibility index (Phi) is 4.45. The van der Waals surface area contributed by atoms with Crippen molar-refractivity contribution >= 4 is 10.9 Å². The van der Waals surface area contributed by atoms with Crippen molar-refractivity contribution in [2.24, 2.45) is 5.73 Å². The Morgan fingerprint density at radius 1 is 1.37 bits per heavy atom. The molecule has 2 rings (SSSR count). The molecular weight excluding hydrogens is 238 g/mol. The second-order valence-corrected chi connectivity index (χ2v) is 5.22. The molecule has 0 aliphatic carbocycles. The van der Waals surface area contributed by atoms with Crippen molar-refractivity contribution < 1.29 is 4.74 Å². The smallest absolute Gasteiger partial charge is 0.119 e. The van der Waals surface area contributed by atoms with Crippen LogP contribution >= 0.6 is 0 Å². The maximum absolute atomic E-state index is 5.76. The van der Waals surface area contributed by atoms with E-state index in [4.69, 9.17) is 10.5 Å². The van der Waals surface area contributed by atoms with E-state index >= 15 is 0 Å². The Morgan fingerprint density at radius 3 is 2.84 bits per heavy atom. The molecule has 104 valence electrons. The highest BCUT2D eigenvalue weighted by atomic mass is 16.5. The molecule has 0 fully saturated rings. The van der Waals surface area contributed by atoms with Crippen molar-refractivity contribution in [1.82, 2.24) is 10.3 Å². The minimum atomic E-state index is 0.186. The first kappa shape index (κ1) is 13.9. The Bertz CT molecular complexity index is 533. The van der Waals surface area contributed by atoms with Gasteiger partial charge in [0, 0.05) is 35.7 Å². The number of rotatable bonds is 6. The lowest BCUT2D eigenvalue weighted by molar-refractivity contribution is 0.415. The second-order valence-electron chi connectivity index (χ2n) is 5.22. The fraction of sp³-hybridized carbons (Fsp3) is 0.467. The molecule has 4 heteroatoms. The minimum absolute atomic E-state index is 0.186. The lowest BCUT2D eigenvalue weighted by Crippen LogP contribution is -2.37. The summed E-state index contributed by atoms with van der Waals surface area (Å²) in [7, 11) is 1.69. The summed E-state index contributed by atoms with van der Waals surface area (Å²) >= 11 is 0. The number of methoxy groups -OCH3 is 1. The molecule has 2 atom stereocenters. The lowest BCUT2D eigenvalue weighted by Gasteiger charge is -2.15. The summed E-state index contributed by atoms with van der Waals surface area (Å²) in [5, 5.41) is 4.67. The number of hydrogen-bond donors (Lipinski definition) is 3. The normalized spacial score (nSPS) is 14.5. The third kappa shape index (κ3) is 3.49. The lowest BCUT2D eigenvalue weighted by atomic mass is 10.1. The van der Waals surface area contributed by atoms with Gasteiger partial charge in [0.15, 0.2) is 0 Å². The van der Waals surface area contributed by atoms with Gasteiger partial charge < -0.3 is 20.8 Å². The van der Waals surface area contributed by atoms with Crippen molar-refractivity contribution in [3.05, 3.63) is 30.0 Å². The Balaban J connectivity index is 2.11. The number of hydrogen-bond acceptors (Lipinski definition) is 3. The van der Waals surface area contributed by atoms with Crippen LogP contribution in [0.4, 0.5) is 0 Å². The van der Waals surface area contributed by atoms with Gasteiger partial charge >= 0.3 is 0 Å². The largest absolute Gasteiger partial charge is 0.497 e. The zero-order valence-corrected chi connectivity index (χ0v) is 11.9. The van der Waals surface area contributed by atoms with E-state index in [2.05, 4.69) is 35.6 Å². The monoisotopic (exact) mass is 261 g/mol. The molecule has 0 amide bonds. The van der Waals surface area contributed by atoms with E-state index in [-0.39, 0.29) is 6.04 Å². The van der Waals surface area contributed by atoms with Gasteiger partial charge in [-0.3, -0.25) is 0 Å². The average molecular weight is 261 g/mol. The van der Waals surface area contributed by atoms with E-state index in [0.29, 0.717) is 6.04 Å². The molecule has 4 nitrogen and oxygen atoms in total. The van der Waals surface area contributed by atoms with Gasteiger partial charge in [-0.05, 0) is 44.0 Å². The van der Waals surface area contributed by atoms with Crippen molar-refractivity contribution in [3.8, 4) is 5.75 Å². The molecule has 0 aliphatic heterocycles. The number of aromatic amines is 1. The van der Waals surface area contributed by atoms with E-state index < -0.39 is 0 Å². The summed E-state index contributed by atoms with van der Waals surface area (Å²) in [5.74, 6) is 0.893. The molecule has 1 heterocycles. The molecule has 2 unspecified atom stereocenters. The minimum Gasteiger partial charge on any atom is -0.497 e. The van der Waals surface area contributed by atoms with Gasteiger partial charge in [-0.15, -0.1) is 0 Å². The first-order valence-electron chi connectivity index (χ1n) is 6.73. The zero-order valence-electron chi connectivity index (χ0n) is 11.9. The van der Waals surface area contributed by atoms with Crippen LogP contribution in [0.3, 0.4) is 0 Å². The summed E-state index contributed by atoms with van der Waals surface area (Å²) in [6.07, 6.45) is 3.05. The molecule has 2 aromatic rings. The van der Waals surface area contributed by atoms with Crippen molar-refractivity contribution in [2.75, 3.05) is 13.7 Å². The maximum atomic E-state index is 5.76. The van der Waals surface area contributed by atoms with Crippen LogP contribution in [0, 0.1) is 0 Å². The fourth-order valence-electron chi connectivity index (χ4n) is 2.24. The quantitative estimate of drug-likeness (QED) is 0.745. The van der Waals surface area contributed by atoms with Gasteiger partial charge in [-0.1, -0.05) is 0 Å². The van der Waals surface area contributed by atoms with Crippen LogP contribution in [-0.2, 0) is 6.42 Å². The Labute approximate surface area is 114 Å². The van der Waals surface area contributed by atoms with Gasteiger partial charge in [0.2, 0.25) is 0 Å². The predicted molar refractivity (Wildman–Crippen MR) is 79.7 cm³/mol. The van der Waals surface area contributed by atoms with Gasteiger partial charge in [0.25, 0.3) is 0 Å². The molecule has 0 saturated carbocycles. The highest BCUT2D eigenvalue weighted by Crippen LogP contribution is 2.24. The second kappa shape index (κ2) is 6.08.